The maximum Gasteiger partial charge on any atom is 0.164 e. The smallest absolute Gasteiger partial charge is 0.164 e. The molecule has 0 atom stereocenters. The Morgan fingerprint density at radius 2 is 1.88 bits per heavy atom. The minimum Gasteiger partial charge on any atom is -0.486 e. The van der Waals surface area contributed by atoms with Crippen molar-refractivity contribution in [3.63, 3.8) is 0 Å². The molecule has 3 aromatic rings. The normalized spacial score (nSPS) is 16.8. The molecule has 26 heavy (non-hydrogen) atoms. The summed E-state index contributed by atoms with van der Waals surface area (Å²) in [6.45, 7) is 4.93. The monoisotopic (exact) mass is 352 g/mol. The molecule has 2 aliphatic heterocycles. The fourth-order valence-electron chi connectivity index (χ4n) is 3.52. The molecule has 5 rings (SSSR count). The zero-order chi connectivity index (χ0) is 17.7. The Morgan fingerprint density at radius 3 is 2.69 bits per heavy atom. The Kier molecular flexibility index (Phi) is 3.49. The van der Waals surface area contributed by atoms with Crippen LogP contribution in [0.15, 0.2) is 30.5 Å². The molecule has 0 saturated carbocycles. The average Bonchev–Trinajstić information content (AvgIpc) is 2.95. The maximum absolute atomic E-state index is 5.71. The van der Waals surface area contributed by atoms with E-state index in [0.717, 1.165) is 53.0 Å². The summed E-state index contributed by atoms with van der Waals surface area (Å²) in [6, 6.07) is 8.02. The highest BCUT2D eigenvalue weighted by atomic mass is 16.6. The van der Waals surface area contributed by atoms with Crippen molar-refractivity contribution in [2.75, 3.05) is 38.3 Å². The number of imidazole rings is 1. The molecule has 134 valence electrons. The molecule has 0 bridgehead atoms. The van der Waals surface area contributed by atoms with E-state index in [1.807, 2.05) is 35.9 Å². The van der Waals surface area contributed by atoms with Crippen LogP contribution >= 0.6 is 0 Å². The number of rotatable bonds is 3. The molecule has 2 aliphatic rings. The lowest BCUT2D eigenvalue weighted by Gasteiger charge is -2.39. The van der Waals surface area contributed by atoms with E-state index in [0.29, 0.717) is 19.3 Å². The van der Waals surface area contributed by atoms with Crippen LogP contribution in [0.3, 0.4) is 0 Å². The molecule has 0 amide bonds. The lowest BCUT2D eigenvalue weighted by Crippen LogP contribution is -2.51. The quantitative estimate of drug-likeness (QED) is 0.721. The van der Waals surface area contributed by atoms with Crippen molar-refractivity contribution in [1.29, 1.82) is 0 Å². The second-order valence-electron chi connectivity index (χ2n) is 6.62. The maximum atomic E-state index is 5.71. The summed E-state index contributed by atoms with van der Waals surface area (Å²) in [5.41, 5.74) is 3.78. The van der Waals surface area contributed by atoms with Gasteiger partial charge in [-0.2, -0.15) is 0 Å². The van der Waals surface area contributed by atoms with Crippen LogP contribution in [0.5, 0.6) is 11.5 Å². The van der Waals surface area contributed by atoms with Crippen molar-refractivity contribution in [3.05, 3.63) is 36.3 Å². The Hall–Kier alpha value is -2.80. The topological polar surface area (TPSA) is 61.6 Å². The van der Waals surface area contributed by atoms with Crippen LogP contribution < -0.4 is 14.4 Å². The number of aromatic nitrogens is 3. The van der Waals surface area contributed by atoms with E-state index in [1.165, 1.54) is 0 Å². The third kappa shape index (κ3) is 2.39. The summed E-state index contributed by atoms with van der Waals surface area (Å²) in [4.78, 5) is 11.7. The predicted molar refractivity (Wildman–Crippen MR) is 97.6 cm³/mol. The van der Waals surface area contributed by atoms with Crippen molar-refractivity contribution in [2.24, 2.45) is 0 Å². The first-order valence-corrected chi connectivity index (χ1v) is 8.76. The number of methoxy groups -OCH3 is 1. The molecular weight excluding hydrogens is 332 g/mol. The Morgan fingerprint density at radius 1 is 1.08 bits per heavy atom. The minimum atomic E-state index is 0.308. The van der Waals surface area contributed by atoms with E-state index in [-0.39, 0.29) is 0 Å². The largest absolute Gasteiger partial charge is 0.486 e. The number of hydrogen-bond acceptors (Lipinski definition) is 6. The first-order chi connectivity index (χ1) is 12.7. The van der Waals surface area contributed by atoms with Gasteiger partial charge in [-0.3, -0.25) is 4.57 Å². The van der Waals surface area contributed by atoms with Crippen LogP contribution in [-0.4, -0.2) is 54.1 Å². The lowest BCUT2D eigenvalue weighted by atomic mass is 10.1. The van der Waals surface area contributed by atoms with Gasteiger partial charge in [-0.1, -0.05) is 0 Å². The van der Waals surface area contributed by atoms with E-state index in [4.69, 9.17) is 24.2 Å². The molecule has 0 unspecified atom stereocenters. The van der Waals surface area contributed by atoms with E-state index in [2.05, 4.69) is 11.0 Å². The van der Waals surface area contributed by atoms with Crippen molar-refractivity contribution in [3.8, 4) is 17.2 Å². The molecule has 0 N–H and O–H groups in total. The van der Waals surface area contributed by atoms with E-state index < -0.39 is 0 Å². The summed E-state index contributed by atoms with van der Waals surface area (Å²) in [6.07, 6.45) is 2.21. The van der Waals surface area contributed by atoms with E-state index in [1.54, 1.807) is 7.11 Å². The van der Waals surface area contributed by atoms with E-state index in [9.17, 15) is 0 Å². The highest BCUT2D eigenvalue weighted by molar-refractivity contribution is 5.78. The number of anilines is 1. The second kappa shape index (κ2) is 5.88. The van der Waals surface area contributed by atoms with E-state index >= 15 is 0 Å². The van der Waals surface area contributed by atoms with Crippen LogP contribution in [0.1, 0.15) is 5.82 Å². The molecule has 7 nitrogen and oxygen atoms in total. The molecule has 0 aliphatic carbocycles. The molecule has 0 radical (unpaired) electrons. The van der Waals surface area contributed by atoms with Crippen LogP contribution in [0.4, 0.5) is 5.69 Å². The molecule has 1 saturated heterocycles. The number of benzene rings is 1. The van der Waals surface area contributed by atoms with Crippen LogP contribution in [0, 0.1) is 6.92 Å². The van der Waals surface area contributed by atoms with Crippen LogP contribution in [0.25, 0.3) is 16.9 Å². The minimum absolute atomic E-state index is 0.308. The molecule has 2 aromatic heterocycles. The molecular formula is C19H20N4O3. The number of fused-ring (bicyclic) bond motifs is 2. The summed E-state index contributed by atoms with van der Waals surface area (Å²) in [7, 11) is 1.75. The van der Waals surface area contributed by atoms with Crippen molar-refractivity contribution < 1.29 is 14.2 Å². The highest BCUT2D eigenvalue weighted by Gasteiger charge is 2.27. The van der Waals surface area contributed by atoms with Gasteiger partial charge in [0, 0.05) is 26.3 Å². The van der Waals surface area contributed by atoms with Gasteiger partial charge in [-0.25, -0.2) is 9.97 Å². The summed E-state index contributed by atoms with van der Waals surface area (Å²) >= 11 is 0. The first-order valence-electron chi connectivity index (χ1n) is 8.76. The Bertz CT molecular complexity index is 978. The van der Waals surface area contributed by atoms with Crippen molar-refractivity contribution in [2.45, 2.75) is 13.0 Å². The molecule has 0 spiro atoms. The zero-order valence-electron chi connectivity index (χ0n) is 14.8. The lowest BCUT2D eigenvalue weighted by molar-refractivity contribution is 0.0787. The summed E-state index contributed by atoms with van der Waals surface area (Å²) < 4.78 is 18.7. The first kappa shape index (κ1) is 15.5. The van der Waals surface area contributed by atoms with Gasteiger partial charge < -0.3 is 19.1 Å². The second-order valence-corrected chi connectivity index (χ2v) is 6.62. The Balaban J connectivity index is 1.53. The van der Waals surface area contributed by atoms with Gasteiger partial charge in [0.25, 0.3) is 0 Å². The number of nitrogens with zero attached hydrogens (tertiary/aromatic N) is 4. The molecule has 7 heteroatoms. The van der Waals surface area contributed by atoms with Gasteiger partial charge >= 0.3 is 0 Å². The van der Waals surface area contributed by atoms with Gasteiger partial charge in [0.05, 0.1) is 23.7 Å². The molecule has 4 heterocycles. The molecule has 1 fully saturated rings. The Labute approximate surface area is 151 Å². The summed E-state index contributed by atoms with van der Waals surface area (Å²) in [5, 5.41) is 0. The number of aryl methyl sites for hydroxylation is 1. The van der Waals surface area contributed by atoms with Crippen LogP contribution in [0.2, 0.25) is 0 Å². The third-order valence-corrected chi connectivity index (χ3v) is 4.98. The third-order valence-electron chi connectivity index (χ3n) is 4.98. The van der Waals surface area contributed by atoms with Crippen LogP contribution in [-0.2, 0) is 4.74 Å². The predicted octanol–water partition coefficient (Wildman–Crippen LogP) is 2.34. The zero-order valence-corrected chi connectivity index (χ0v) is 14.8. The summed E-state index contributed by atoms with van der Waals surface area (Å²) in [5.74, 6) is 2.43. The van der Waals surface area contributed by atoms with Crippen molar-refractivity contribution >= 4 is 16.9 Å². The number of pyridine rings is 1. The SMILES string of the molecule is COC1CN(c2cnc3c(c2)nc(C)n3-c2ccc3c(c2)OCCO3)C1. The van der Waals surface area contributed by atoms with Crippen molar-refractivity contribution in [1.82, 2.24) is 14.5 Å². The average molecular weight is 352 g/mol. The molecule has 1 aromatic carbocycles. The number of hydrogen-bond donors (Lipinski definition) is 0. The van der Waals surface area contributed by atoms with Gasteiger partial charge in [0.15, 0.2) is 17.1 Å². The van der Waals surface area contributed by atoms with Gasteiger partial charge in [0.1, 0.15) is 24.6 Å². The fraction of sp³-hybridized carbons (Fsp3) is 0.368. The van der Waals surface area contributed by atoms with Gasteiger partial charge in [0.2, 0.25) is 0 Å². The van der Waals surface area contributed by atoms with Gasteiger partial charge in [-0.05, 0) is 25.1 Å². The number of ether oxygens (including phenoxy) is 3. The van der Waals surface area contributed by atoms with Gasteiger partial charge in [-0.15, -0.1) is 0 Å². The standard InChI is InChI=1S/C19H20N4O3/c1-12-21-16-7-14(22-10-15(11-22)24-2)9-20-19(16)23(12)13-3-4-17-18(8-13)26-6-5-25-17/h3-4,7-9,15H,5-6,10-11H2,1-2H3. The fourth-order valence-corrected chi connectivity index (χ4v) is 3.52. The highest BCUT2D eigenvalue weighted by Crippen LogP contribution is 2.34.